The first kappa shape index (κ1) is 15.8. The Morgan fingerprint density at radius 1 is 1.24 bits per heavy atom. The third-order valence-corrected chi connectivity index (χ3v) is 4.80. The summed E-state index contributed by atoms with van der Waals surface area (Å²) in [7, 11) is -3.90. The number of halogens is 2. The lowest BCUT2D eigenvalue weighted by atomic mass is 10.1. The van der Waals surface area contributed by atoms with Gasteiger partial charge < -0.3 is 5.73 Å². The van der Waals surface area contributed by atoms with Crippen LogP contribution in [-0.2, 0) is 10.0 Å². The summed E-state index contributed by atoms with van der Waals surface area (Å²) in [6, 6.07) is 9.38. The van der Waals surface area contributed by atoms with Gasteiger partial charge in [0.2, 0.25) is 10.0 Å². The third-order valence-electron chi connectivity index (χ3n) is 2.97. The summed E-state index contributed by atoms with van der Waals surface area (Å²) < 4.78 is 40.7. The van der Waals surface area contributed by atoms with E-state index in [1.54, 1.807) is 13.0 Å². The number of nitrogens with two attached hydrogens (primary N) is 1. The van der Waals surface area contributed by atoms with Gasteiger partial charge in [-0.3, -0.25) is 0 Å². The molecule has 1 unspecified atom stereocenters. The standard InChI is InChI=1S/C14H14ClFN2O2S/c1-9(11-4-2-3-5-12(11)16)18-21(19,20)14-8-10(15)6-7-13(14)17/h2-9,18H,17H2,1H3. The number of benzene rings is 2. The molecule has 0 aliphatic carbocycles. The molecule has 0 fully saturated rings. The van der Waals surface area contributed by atoms with Crippen molar-refractivity contribution in [2.24, 2.45) is 0 Å². The Labute approximate surface area is 127 Å². The summed E-state index contributed by atoms with van der Waals surface area (Å²) >= 11 is 5.79. The highest BCUT2D eigenvalue weighted by Gasteiger charge is 2.22. The molecule has 2 rings (SSSR count). The van der Waals surface area contributed by atoms with Crippen molar-refractivity contribution >= 4 is 27.3 Å². The molecular weight excluding hydrogens is 315 g/mol. The Hall–Kier alpha value is -1.63. The van der Waals surface area contributed by atoms with E-state index < -0.39 is 21.9 Å². The molecule has 0 saturated heterocycles. The molecule has 2 aromatic rings. The highest BCUT2D eigenvalue weighted by molar-refractivity contribution is 7.89. The van der Waals surface area contributed by atoms with Crippen LogP contribution in [0.3, 0.4) is 0 Å². The lowest BCUT2D eigenvalue weighted by Gasteiger charge is -2.16. The van der Waals surface area contributed by atoms with Crippen LogP contribution in [0.1, 0.15) is 18.5 Å². The van der Waals surface area contributed by atoms with E-state index in [4.69, 9.17) is 17.3 Å². The van der Waals surface area contributed by atoms with E-state index in [1.807, 2.05) is 0 Å². The quantitative estimate of drug-likeness (QED) is 0.847. The van der Waals surface area contributed by atoms with Crippen LogP contribution in [-0.4, -0.2) is 8.42 Å². The maximum absolute atomic E-state index is 13.7. The van der Waals surface area contributed by atoms with Crippen LogP contribution in [0.4, 0.5) is 10.1 Å². The monoisotopic (exact) mass is 328 g/mol. The predicted molar refractivity (Wildman–Crippen MR) is 81.0 cm³/mol. The van der Waals surface area contributed by atoms with E-state index in [9.17, 15) is 12.8 Å². The van der Waals surface area contributed by atoms with Gasteiger partial charge in [0, 0.05) is 16.6 Å². The summed E-state index contributed by atoms with van der Waals surface area (Å²) in [4.78, 5) is -0.127. The van der Waals surface area contributed by atoms with Crippen LogP contribution in [0.15, 0.2) is 47.4 Å². The first-order valence-corrected chi connectivity index (χ1v) is 7.99. The fourth-order valence-corrected chi connectivity index (χ4v) is 3.54. The molecule has 4 nitrogen and oxygen atoms in total. The highest BCUT2D eigenvalue weighted by Crippen LogP contribution is 2.25. The lowest BCUT2D eigenvalue weighted by Crippen LogP contribution is -2.28. The van der Waals surface area contributed by atoms with Gasteiger partial charge >= 0.3 is 0 Å². The van der Waals surface area contributed by atoms with E-state index in [2.05, 4.69) is 4.72 Å². The maximum Gasteiger partial charge on any atom is 0.243 e. The summed E-state index contributed by atoms with van der Waals surface area (Å²) in [6.07, 6.45) is 0. The van der Waals surface area contributed by atoms with E-state index >= 15 is 0 Å². The van der Waals surface area contributed by atoms with Crippen molar-refractivity contribution in [3.63, 3.8) is 0 Å². The normalized spacial score (nSPS) is 13.1. The van der Waals surface area contributed by atoms with Crippen molar-refractivity contribution in [2.75, 3.05) is 5.73 Å². The van der Waals surface area contributed by atoms with Crippen LogP contribution >= 0.6 is 11.6 Å². The summed E-state index contributed by atoms with van der Waals surface area (Å²) in [5.41, 5.74) is 6.00. The van der Waals surface area contributed by atoms with Gasteiger partial charge in [0.25, 0.3) is 0 Å². The van der Waals surface area contributed by atoms with Gasteiger partial charge in [0.15, 0.2) is 0 Å². The van der Waals surface area contributed by atoms with Gasteiger partial charge in [-0.2, -0.15) is 0 Å². The zero-order valence-corrected chi connectivity index (χ0v) is 12.7. The lowest BCUT2D eigenvalue weighted by molar-refractivity contribution is 0.550. The summed E-state index contributed by atoms with van der Waals surface area (Å²) in [6.45, 7) is 1.55. The van der Waals surface area contributed by atoms with Gasteiger partial charge in [-0.05, 0) is 31.2 Å². The van der Waals surface area contributed by atoms with Crippen LogP contribution in [0, 0.1) is 5.82 Å². The Bertz CT molecular complexity index is 765. The third kappa shape index (κ3) is 3.53. The largest absolute Gasteiger partial charge is 0.398 e. The van der Waals surface area contributed by atoms with Crippen molar-refractivity contribution in [3.8, 4) is 0 Å². The number of nitrogen functional groups attached to an aromatic ring is 1. The molecule has 2 aromatic carbocycles. The van der Waals surface area contributed by atoms with Crippen molar-refractivity contribution in [1.82, 2.24) is 4.72 Å². The average Bonchev–Trinajstić information content (AvgIpc) is 2.41. The SMILES string of the molecule is CC(NS(=O)(=O)c1cc(Cl)ccc1N)c1ccccc1F. The van der Waals surface area contributed by atoms with Crippen LogP contribution in [0.25, 0.3) is 0 Å². The number of nitrogens with one attached hydrogen (secondary N) is 1. The van der Waals surface area contributed by atoms with Crippen LogP contribution in [0.5, 0.6) is 0 Å². The first-order valence-electron chi connectivity index (χ1n) is 6.13. The van der Waals surface area contributed by atoms with Crippen molar-refractivity contribution in [1.29, 1.82) is 0 Å². The molecular formula is C14H14ClFN2O2S. The molecule has 3 N–H and O–H groups in total. The Kier molecular flexibility index (Phi) is 4.51. The van der Waals surface area contributed by atoms with E-state index in [0.29, 0.717) is 0 Å². The number of sulfonamides is 1. The van der Waals surface area contributed by atoms with Gasteiger partial charge in [0.05, 0.1) is 5.69 Å². The van der Waals surface area contributed by atoms with Crippen LogP contribution < -0.4 is 10.5 Å². The number of anilines is 1. The molecule has 7 heteroatoms. The fourth-order valence-electron chi connectivity index (χ4n) is 1.93. The maximum atomic E-state index is 13.7. The molecule has 1 atom stereocenters. The van der Waals surface area contributed by atoms with Crippen molar-refractivity contribution in [3.05, 3.63) is 58.9 Å². The Morgan fingerprint density at radius 3 is 2.57 bits per heavy atom. The highest BCUT2D eigenvalue weighted by atomic mass is 35.5. The smallest absolute Gasteiger partial charge is 0.243 e. The van der Waals surface area contributed by atoms with Gasteiger partial charge in [0.1, 0.15) is 10.7 Å². The molecule has 112 valence electrons. The van der Waals surface area contributed by atoms with Crippen molar-refractivity contribution < 1.29 is 12.8 Å². The fraction of sp³-hybridized carbons (Fsp3) is 0.143. The van der Waals surface area contributed by atoms with Gasteiger partial charge in [-0.25, -0.2) is 17.5 Å². The second kappa shape index (κ2) is 6.01. The second-order valence-electron chi connectivity index (χ2n) is 4.55. The zero-order chi connectivity index (χ0) is 15.6. The van der Waals surface area contributed by atoms with E-state index in [-0.39, 0.29) is 21.2 Å². The molecule has 0 amide bonds. The minimum Gasteiger partial charge on any atom is -0.398 e. The summed E-state index contributed by atoms with van der Waals surface area (Å²) in [5, 5.41) is 0.253. The number of hydrogen-bond acceptors (Lipinski definition) is 3. The Balaban J connectivity index is 2.34. The topological polar surface area (TPSA) is 72.2 Å². The predicted octanol–water partition coefficient (Wildman–Crippen LogP) is 3.10. The molecule has 0 aliphatic heterocycles. The number of hydrogen-bond donors (Lipinski definition) is 2. The van der Waals surface area contributed by atoms with E-state index in [0.717, 1.165) is 0 Å². The molecule has 0 aromatic heterocycles. The van der Waals surface area contributed by atoms with Crippen LogP contribution in [0.2, 0.25) is 5.02 Å². The molecule has 0 saturated carbocycles. The average molecular weight is 329 g/mol. The zero-order valence-electron chi connectivity index (χ0n) is 11.2. The first-order chi connectivity index (χ1) is 9.81. The molecule has 0 spiro atoms. The minimum atomic E-state index is -3.90. The molecule has 0 bridgehead atoms. The summed E-state index contributed by atoms with van der Waals surface area (Å²) in [5.74, 6) is -0.480. The van der Waals surface area contributed by atoms with E-state index in [1.165, 1.54) is 36.4 Å². The Morgan fingerprint density at radius 2 is 1.90 bits per heavy atom. The second-order valence-corrected chi connectivity index (χ2v) is 6.67. The minimum absolute atomic E-state index is 0.0765. The molecule has 0 aliphatic rings. The molecule has 21 heavy (non-hydrogen) atoms. The van der Waals surface area contributed by atoms with Crippen molar-refractivity contribution in [2.45, 2.75) is 17.9 Å². The number of rotatable bonds is 4. The molecule has 0 heterocycles. The molecule has 0 radical (unpaired) electrons. The van der Waals surface area contributed by atoms with Gasteiger partial charge in [-0.1, -0.05) is 29.8 Å². The van der Waals surface area contributed by atoms with Gasteiger partial charge in [-0.15, -0.1) is 0 Å².